The van der Waals surface area contributed by atoms with Crippen LogP contribution in [0.4, 0.5) is 20.2 Å². The molecule has 0 aliphatic carbocycles. The second-order valence-electron chi connectivity index (χ2n) is 2.13. The van der Waals surface area contributed by atoms with Gasteiger partial charge in [0.15, 0.2) is 0 Å². The Kier molecular flexibility index (Phi) is 2.46. The van der Waals surface area contributed by atoms with Gasteiger partial charge in [0.25, 0.3) is 6.43 Å². The molecule has 1 aromatic rings. The summed E-state index contributed by atoms with van der Waals surface area (Å²) < 4.78 is 24.7. The molecule has 0 spiro atoms. The van der Waals surface area contributed by atoms with Crippen molar-refractivity contribution in [2.75, 3.05) is 11.5 Å². The van der Waals surface area contributed by atoms with Gasteiger partial charge in [-0.25, -0.2) is 13.8 Å². The summed E-state index contributed by atoms with van der Waals surface area (Å²) in [6.07, 6.45) is -1.54. The number of hydrogen-bond donors (Lipinski definition) is 2. The summed E-state index contributed by atoms with van der Waals surface area (Å²) in [5, 5.41) is 0. The van der Waals surface area contributed by atoms with Crippen LogP contribution in [0, 0.1) is 0 Å². The third-order valence-corrected chi connectivity index (χ3v) is 1.99. The van der Waals surface area contributed by atoms with Gasteiger partial charge in [-0.1, -0.05) is 0 Å². The second kappa shape index (κ2) is 3.22. The van der Waals surface area contributed by atoms with Crippen LogP contribution in [0.3, 0.4) is 0 Å². The van der Waals surface area contributed by atoms with E-state index in [1.165, 1.54) is 0 Å². The standard InChI is InChI=1S/C6H6BrF2N3/c7-5-4(11)3(6(8)9)2(10)1-12-5/h1,6H,10-11H2. The molecule has 1 heterocycles. The van der Waals surface area contributed by atoms with Crippen molar-refractivity contribution in [3.8, 4) is 0 Å². The number of hydrogen-bond acceptors (Lipinski definition) is 3. The highest BCUT2D eigenvalue weighted by atomic mass is 79.9. The molecule has 0 saturated heterocycles. The predicted octanol–water partition coefficient (Wildman–Crippen LogP) is 1.95. The fraction of sp³-hybridized carbons (Fsp3) is 0.167. The molecule has 12 heavy (non-hydrogen) atoms. The summed E-state index contributed by atoms with van der Waals surface area (Å²) in [5.74, 6) is 0. The molecular weight excluding hydrogens is 232 g/mol. The van der Waals surface area contributed by atoms with Crippen molar-refractivity contribution in [1.29, 1.82) is 0 Å². The molecule has 0 bridgehead atoms. The largest absolute Gasteiger partial charge is 0.397 e. The number of anilines is 2. The maximum atomic E-state index is 12.3. The van der Waals surface area contributed by atoms with Crippen molar-refractivity contribution in [2.45, 2.75) is 6.43 Å². The minimum absolute atomic E-state index is 0.0919. The molecule has 0 aromatic carbocycles. The van der Waals surface area contributed by atoms with Gasteiger partial charge in [-0.3, -0.25) is 0 Å². The van der Waals surface area contributed by atoms with Crippen LogP contribution in [0.2, 0.25) is 0 Å². The Balaban J connectivity index is 3.33. The van der Waals surface area contributed by atoms with Gasteiger partial charge < -0.3 is 11.5 Å². The first-order valence-corrected chi connectivity index (χ1v) is 3.80. The molecule has 1 aromatic heterocycles. The zero-order chi connectivity index (χ0) is 9.30. The lowest BCUT2D eigenvalue weighted by molar-refractivity contribution is 0.153. The molecule has 0 amide bonds. The van der Waals surface area contributed by atoms with Crippen LogP contribution in [0.5, 0.6) is 0 Å². The van der Waals surface area contributed by atoms with E-state index < -0.39 is 6.43 Å². The molecule has 0 unspecified atom stereocenters. The van der Waals surface area contributed by atoms with Crippen LogP contribution in [-0.2, 0) is 0 Å². The highest BCUT2D eigenvalue weighted by Crippen LogP contribution is 2.33. The lowest BCUT2D eigenvalue weighted by Gasteiger charge is -2.08. The van der Waals surface area contributed by atoms with Crippen LogP contribution in [0.25, 0.3) is 0 Å². The van der Waals surface area contributed by atoms with Crippen LogP contribution in [-0.4, -0.2) is 4.98 Å². The normalized spacial score (nSPS) is 10.7. The maximum absolute atomic E-state index is 12.3. The predicted molar refractivity (Wildman–Crippen MR) is 45.7 cm³/mol. The fourth-order valence-electron chi connectivity index (χ4n) is 0.775. The van der Waals surface area contributed by atoms with Crippen LogP contribution < -0.4 is 11.5 Å². The number of rotatable bonds is 1. The number of halogens is 3. The minimum Gasteiger partial charge on any atom is -0.397 e. The second-order valence-corrected chi connectivity index (χ2v) is 2.88. The first-order chi connectivity index (χ1) is 5.54. The number of alkyl halides is 2. The molecule has 0 aliphatic rings. The quantitative estimate of drug-likeness (QED) is 0.735. The topological polar surface area (TPSA) is 64.9 Å². The van der Waals surface area contributed by atoms with Crippen molar-refractivity contribution in [3.05, 3.63) is 16.4 Å². The molecule has 0 saturated carbocycles. The Bertz CT molecular complexity index is 303. The van der Waals surface area contributed by atoms with E-state index in [1.54, 1.807) is 0 Å². The van der Waals surface area contributed by atoms with Crippen molar-refractivity contribution in [3.63, 3.8) is 0 Å². The van der Waals surface area contributed by atoms with Gasteiger partial charge in [0.1, 0.15) is 4.60 Å². The Hall–Kier alpha value is -0.910. The van der Waals surface area contributed by atoms with Crippen LogP contribution >= 0.6 is 15.9 Å². The van der Waals surface area contributed by atoms with Crippen molar-refractivity contribution >= 4 is 27.3 Å². The highest BCUT2D eigenvalue weighted by molar-refractivity contribution is 9.10. The molecule has 0 radical (unpaired) electrons. The molecule has 6 heteroatoms. The third kappa shape index (κ3) is 1.47. The van der Waals surface area contributed by atoms with Gasteiger partial charge in [0.2, 0.25) is 0 Å². The summed E-state index contributed by atoms with van der Waals surface area (Å²) in [4.78, 5) is 3.65. The van der Waals surface area contributed by atoms with E-state index in [1.807, 2.05) is 0 Å². The van der Waals surface area contributed by atoms with E-state index in [-0.39, 0.29) is 21.5 Å². The Morgan fingerprint density at radius 3 is 2.42 bits per heavy atom. The molecule has 66 valence electrons. The SMILES string of the molecule is Nc1cnc(Br)c(N)c1C(F)F. The van der Waals surface area contributed by atoms with E-state index in [4.69, 9.17) is 11.5 Å². The summed E-state index contributed by atoms with van der Waals surface area (Å²) in [5.41, 5.74) is 10.0. The maximum Gasteiger partial charge on any atom is 0.267 e. The summed E-state index contributed by atoms with van der Waals surface area (Å²) >= 11 is 2.92. The third-order valence-electron chi connectivity index (χ3n) is 1.36. The van der Waals surface area contributed by atoms with Gasteiger partial charge in [-0.15, -0.1) is 0 Å². The summed E-state index contributed by atoms with van der Waals surface area (Å²) in [6, 6.07) is 0. The Labute approximate surface area is 75.9 Å². The van der Waals surface area contributed by atoms with E-state index in [0.717, 1.165) is 6.20 Å². The van der Waals surface area contributed by atoms with Crippen LogP contribution in [0.15, 0.2) is 10.8 Å². The van der Waals surface area contributed by atoms with E-state index in [9.17, 15) is 8.78 Å². The zero-order valence-electron chi connectivity index (χ0n) is 5.89. The Morgan fingerprint density at radius 1 is 1.42 bits per heavy atom. The molecule has 3 nitrogen and oxygen atoms in total. The lowest BCUT2D eigenvalue weighted by atomic mass is 10.2. The first-order valence-electron chi connectivity index (χ1n) is 3.01. The number of nitrogens with two attached hydrogens (primary N) is 2. The molecular formula is C6H6BrF2N3. The summed E-state index contributed by atoms with van der Waals surface area (Å²) in [7, 11) is 0. The van der Waals surface area contributed by atoms with Gasteiger partial charge in [0.05, 0.1) is 23.1 Å². The van der Waals surface area contributed by atoms with Gasteiger partial charge in [-0.05, 0) is 15.9 Å². The molecule has 0 atom stereocenters. The average Bonchev–Trinajstić information content (AvgIpc) is 1.97. The van der Waals surface area contributed by atoms with E-state index in [2.05, 4.69) is 20.9 Å². The monoisotopic (exact) mass is 237 g/mol. The van der Waals surface area contributed by atoms with E-state index in [0.29, 0.717) is 0 Å². The van der Waals surface area contributed by atoms with Gasteiger partial charge >= 0.3 is 0 Å². The lowest BCUT2D eigenvalue weighted by Crippen LogP contribution is -2.02. The smallest absolute Gasteiger partial charge is 0.267 e. The first kappa shape index (κ1) is 9.18. The van der Waals surface area contributed by atoms with Crippen molar-refractivity contribution in [2.24, 2.45) is 0 Å². The number of nitrogens with zero attached hydrogens (tertiary/aromatic N) is 1. The van der Waals surface area contributed by atoms with Gasteiger partial charge in [0, 0.05) is 0 Å². The molecule has 0 fully saturated rings. The zero-order valence-corrected chi connectivity index (χ0v) is 7.48. The average molecular weight is 238 g/mol. The van der Waals surface area contributed by atoms with Crippen molar-refractivity contribution < 1.29 is 8.78 Å². The number of aromatic nitrogens is 1. The van der Waals surface area contributed by atoms with Gasteiger partial charge in [-0.2, -0.15) is 0 Å². The fourth-order valence-corrected chi connectivity index (χ4v) is 1.09. The summed E-state index contributed by atoms with van der Waals surface area (Å²) in [6.45, 7) is 0. The van der Waals surface area contributed by atoms with Crippen molar-refractivity contribution in [1.82, 2.24) is 4.98 Å². The van der Waals surface area contributed by atoms with Crippen LogP contribution in [0.1, 0.15) is 12.0 Å². The number of pyridine rings is 1. The molecule has 4 N–H and O–H groups in total. The minimum atomic E-state index is -2.68. The number of nitrogen functional groups attached to an aromatic ring is 2. The molecule has 1 rings (SSSR count). The molecule has 0 aliphatic heterocycles. The highest BCUT2D eigenvalue weighted by Gasteiger charge is 2.17. The van der Waals surface area contributed by atoms with E-state index >= 15 is 0 Å². The Morgan fingerprint density at radius 2 is 2.00 bits per heavy atom.